The number of nitrogens with zero attached hydrogens (tertiary/aromatic N) is 1. The highest BCUT2D eigenvalue weighted by Gasteiger charge is 2.18. The number of primary amides is 1. The first-order valence-electron chi connectivity index (χ1n) is 5.18. The molecule has 1 unspecified atom stereocenters. The molecule has 0 heterocycles. The third-order valence-corrected chi connectivity index (χ3v) is 2.05. The number of rotatable bonds is 7. The Morgan fingerprint density at radius 1 is 1.40 bits per heavy atom. The Morgan fingerprint density at radius 2 is 2.00 bits per heavy atom. The summed E-state index contributed by atoms with van der Waals surface area (Å²) >= 11 is 0. The highest BCUT2D eigenvalue weighted by molar-refractivity contribution is 5.76. The molecule has 0 aromatic rings. The van der Waals surface area contributed by atoms with Crippen molar-refractivity contribution in [2.45, 2.75) is 20.8 Å². The van der Waals surface area contributed by atoms with E-state index in [2.05, 4.69) is 0 Å². The molecular weight excluding hydrogens is 196 g/mol. The fraction of sp³-hybridized carbons (Fsp3) is 0.800. The smallest absolute Gasteiger partial charge is 0.309 e. The molecule has 5 heteroatoms. The summed E-state index contributed by atoms with van der Waals surface area (Å²) in [5, 5.41) is 0. The van der Waals surface area contributed by atoms with Crippen molar-refractivity contribution in [1.82, 2.24) is 4.90 Å². The summed E-state index contributed by atoms with van der Waals surface area (Å²) in [5.41, 5.74) is 5.08. The van der Waals surface area contributed by atoms with E-state index >= 15 is 0 Å². The molecule has 5 nitrogen and oxygen atoms in total. The van der Waals surface area contributed by atoms with Crippen molar-refractivity contribution < 1.29 is 14.3 Å². The monoisotopic (exact) mass is 216 g/mol. The number of ether oxygens (including phenoxy) is 1. The molecule has 88 valence electrons. The quantitative estimate of drug-likeness (QED) is 0.608. The van der Waals surface area contributed by atoms with Gasteiger partial charge in [-0.15, -0.1) is 0 Å². The maximum Gasteiger partial charge on any atom is 0.309 e. The van der Waals surface area contributed by atoms with Gasteiger partial charge in [-0.05, 0) is 13.5 Å². The summed E-state index contributed by atoms with van der Waals surface area (Å²) < 4.78 is 4.87. The molecule has 0 saturated heterocycles. The molecule has 2 N–H and O–H groups in total. The first-order chi connectivity index (χ1) is 7.01. The SMILES string of the molecule is CCOC(=O)C(C)CN(CC)CC(N)=O. The fourth-order valence-corrected chi connectivity index (χ4v) is 1.27. The second kappa shape index (κ2) is 7.23. The maximum absolute atomic E-state index is 11.3. The number of esters is 1. The topological polar surface area (TPSA) is 72.6 Å². The maximum atomic E-state index is 11.3. The average molecular weight is 216 g/mol. The third kappa shape index (κ3) is 6.06. The van der Waals surface area contributed by atoms with Gasteiger partial charge in [-0.1, -0.05) is 13.8 Å². The van der Waals surface area contributed by atoms with Crippen LogP contribution in [0.2, 0.25) is 0 Å². The van der Waals surface area contributed by atoms with Crippen LogP contribution < -0.4 is 5.73 Å². The summed E-state index contributed by atoms with van der Waals surface area (Å²) in [6.45, 7) is 7.21. The van der Waals surface area contributed by atoms with Crippen LogP contribution in [-0.2, 0) is 14.3 Å². The number of hydrogen-bond donors (Lipinski definition) is 1. The Balaban J connectivity index is 4.05. The van der Waals surface area contributed by atoms with Crippen LogP contribution in [0.1, 0.15) is 20.8 Å². The van der Waals surface area contributed by atoms with Crippen LogP contribution in [0.15, 0.2) is 0 Å². The van der Waals surface area contributed by atoms with Gasteiger partial charge in [0, 0.05) is 6.54 Å². The van der Waals surface area contributed by atoms with E-state index < -0.39 is 0 Å². The predicted octanol–water partition coefficient (Wildman–Crippen LogP) is -0.00720. The van der Waals surface area contributed by atoms with E-state index in [1.807, 2.05) is 11.8 Å². The van der Waals surface area contributed by atoms with Gasteiger partial charge in [0.2, 0.25) is 5.91 Å². The first kappa shape index (κ1) is 13.9. The van der Waals surface area contributed by atoms with Crippen LogP contribution in [0.25, 0.3) is 0 Å². The molecular formula is C10H20N2O3. The van der Waals surface area contributed by atoms with Crippen molar-refractivity contribution in [1.29, 1.82) is 0 Å². The minimum Gasteiger partial charge on any atom is -0.466 e. The Bertz CT molecular complexity index is 219. The van der Waals surface area contributed by atoms with E-state index in [-0.39, 0.29) is 24.3 Å². The Kier molecular flexibility index (Phi) is 6.70. The molecule has 15 heavy (non-hydrogen) atoms. The molecule has 0 aliphatic rings. The third-order valence-electron chi connectivity index (χ3n) is 2.05. The molecule has 0 aromatic carbocycles. The lowest BCUT2D eigenvalue weighted by atomic mass is 10.1. The number of nitrogens with two attached hydrogens (primary N) is 1. The minimum atomic E-state index is -0.382. The van der Waals surface area contributed by atoms with Crippen molar-refractivity contribution in [2.75, 3.05) is 26.2 Å². The average Bonchev–Trinajstić information content (AvgIpc) is 2.16. The molecule has 0 bridgehead atoms. The Labute approximate surface area is 90.6 Å². The summed E-state index contributed by atoms with van der Waals surface area (Å²) in [5.74, 6) is -0.849. The van der Waals surface area contributed by atoms with Crippen LogP contribution in [0.5, 0.6) is 0 Å². The molecule has 0 spiro atoms. The predicted molar refractivity (Wildman–Crippen MR) is 57.1 cm³/mol. The fourth-order valence-electron chi connectivity index (χ4n) is 1.27. The molecule has 0 aliphatic carbocycles. The molecule has 0 saturated carbocycles. The van der Waals surface area contributed by atoms with Gasteiger partial charge < -0.3 is 10.5 Å². The van der Waals surface area contributed by atoms with Crippen LogP contribution in [-0.4, -0.2) is 43.0 Å². The number of amides is 1. The molecule has 1 atom stereocenters. The lowest BCUT2D eigenvalue weighted by Crippen LogP contribution is -2.38. The minimum absolute atomic E-state index is 0.181. The van der Waals surface area contributed by atoms with Crippen molar-refractivity contribution in [3.8, 4) is 0 Å². The van der Waals surface area contributed by atoms with E-state index in [9.17, 15) is 9.59 Å². The van der Waals surface area contributed by atoms with E-state index in [1.165, 1.54) is 0 Å². The number of carbonyl (C=O) groups is 2. The van der Waals surface area contributed by atoms with Crippen LogP contribution in [0.4, 0.5) is 0 Å². The highest BCUT2D eigenvalue weighted by Crippen LogP contribution is 2.02. The van der Waals surface area contributed by atoms with Crippen molar-refractivity contribution in [3.63, 3.8) is 0 Å². The lowest BCUT2D eigenvalue weighted by molar-refractivity contribution is -0.148. The van der Waals surface area contributed by atoms with Gasteiger partial charge in [-0.3, -0.25) is 14.5 Å². The zero-order valence-electron chi connectivity index (χ0n) is 9.66. The van der Waals surface area contributed by atoms with Crippen molar-refractivity contribution in [2.24, 2.45) is 11.7 Å². The molecule has 0 aliphatic heterocycles. The zero-order valence-corrected chi connectivity index (χ0v) is 9.66. The van der Waals surface area contributed by atoms with Gasteiger partial charge >= 0.3 is 5.97 Å². The largest absolute Gasteiger partial charge is 0.466 e. The van der Waals surface area contributed by atoms with Gasteiger partial charge in [-0.25, -0.2) is 0 Å². The van der Waals surface area contributed by atoms with Gasteiger partial charge in [-0.2, -0.15) is 0 Å². The van der Waals surface area contributed by atoms with E-state index in [0.717, 1.165) is 0 Å². The summed E-state index contributed by atoms with van der Waals surface area (Å²) in [4.78, 5) is 23.8. The van der Waals surface area contributed by atoms with Crippen molar-refractivity contribution >= 4 is 11.9 Å². The van der Waals surface area contributed by atoms with Gasteiger partial charge in [0.25, 0.3) is 0 Å². The van der Waals surface area contributed by atoms with Crippen LogP contribution in [0, 0.1) is 5.92 Å². The van der Waals surface area contributed by atoms with E-state index in [0.29, 0.717) is 19.7 Å². The zero-order chi connectivity index (χ0) is 11.8. The summed E-state index contributed by atoms with van der Waals surface area (Å²) in [6, 6.07) is 0. The number of hydrogen-bond acceptors (Lipinski definition) is 4. The second-order valence-corrected chi connectivity index (χ2v) is 3.45. The molecule has 1 amide bonds. The molecule has 0 rings (SSSR count). The first-order valence-corrected chi connectivity index (χ1v) is 5.18. The number of likely N-dealkylation sites (N-methyl/N-ethyl adjacent to an activating group) is 1. The van der Waals surface area contributed by atoms with Crippen LogP contribution >= 0.6 is 0 Å². The van der Waals surface area contributed by atoms with Gasteiger partial charge in [0.05, 0.1) is 19.1 Å². The Morgan fingerprint density at radius 3 is 2.40 bits per heavy atom. The van der Waals surface area contributed by atoms with Crippen molar-refractivity contribution in [3.05, 3.63) is 0 Å². The van der Waals surface area contributed by atoms with E-state index in [1.54, 1.807) is 13.8 Å². The second-order valence-electron chi connectivity index (χ2n) is 3.45. The number of carbonyl (C=O) groups excluding carboxylic acids is 2. The Hall–Kier alpha value is -1.10. The van der Waals surface area contributed by atoms with Crippen LogP contribution in [0.3, 0.4) is 0 Å². The molecule has 0 aromatic heterocycles. The van der Waals surface area contributed by atoms with E-state index in [4.69, 9.17) is 10.5 Å². The van der Waals surface area contributed by atoms with Gasteiger partial charge in [0.15, 0.2) is 0 Å². The van der Waals surface area contributed by atoms with Gasteiger partial charge in [0.1, 0.15) is 0 Å². The normalized spacial score (nSPS) is 12.5. The standard InChI is InChI=1S/C10H20N2O3/c1-4-12(7-9(11)13)6-8(3)10(14)15-5-2/h8H,4-7H2,1-3H3,(H2,11,13). The summed E-state index contributed by atoms with van der Waals surface area (Å²) in [7, 11) is 0. The molecule has 0 radical (unpaired) electrons. The lowest BCUT2D eigenvalue weighted by Gasteiger charge is -2.21. The molecule has 0 fully saturated rings. The highest BCUT2D eigenvalue weighted by atomic mass is 16.5. The summed E-state index contributed by atoms with van der Waals surface area (Å²) in [6.07, 6.45) is 0.